The van der Waals surface area contributed by atoms with Crippen LogP contribution in [0.25, 0.3) is 10.1 Å². The van der Waals surface area contributed by atoms with E-state index >= 15 is 0 Å². The van der Waals surface area contributed by atoms with Crippen molar-refractivity contribution in [3.8, 4) is 5.75 Å². The lowest BCUT2D eigenvalue weighted by Gasteiger charge is -2.12. The first-order valence-electron chi connectivity index (χ1n) is 7.03. The summed E-state index contributed by atoms with van der Waals surface area (Å²) in [5.41, 5.74) is -4.65. The molecule has 0 unspecified atom stereocenters. The van der Waals surface area contributed by atoms with Crippen molar-refractivity contribution >= 4 is 37.1 Å². The van der Waals surface area contributed by atoms with Crippen LogP contribution in [-0.4, -0.2) is 13.9 Å². The number of sulfonamides is 1. The Morgan fingerprint density at radius 3 is 2.60 bits per heavy atom. The van der Waals surface area contributed by atoms with Gasteiger partial charge in [0.25, 0.3) is 0 Å². The number of rotatable bonds is 5. The smallest absolute Gasteiger partial charge is 0.489 e. The summed E-state index contributed by atoms with van der Waals surface area (Å²) in [7, 11) is -5.46. The van der Waals surface area contributed by atoms with Crippen LogP contribution in [0.4, 0.5) is 18.9 Å². The molecule has 3 rings (SSSR count). The number of halogens is 3. The van der Waals surface area contributed by atoms with Gasteiger partial charge >= 0.3 is 15.5 Å². The number of nitrogens with one attached hydrogen (secondary N) is 1. The van der Waals surface area contributed by atoms with Crippen molar-refractivity contribution in [3.63, 3.8) is 0 Å². The van der Waals surface area contributed by atoms with Crippen LogP contribution in [0.5, 0.6) is 5.75 Å². The van der Waals surface area contributed by atoms with Crippen molar-refractivity contribution < 1.29 is 26.3 Å². The van der Waals surface area contributed by atoms with Gasteiger partial charge in [0.2, 0.25) is 0 Å². The van der Waals surface area contributed by atoms with Crippen molar-refractivity contribution in [2.75, 3.05) is 4.72 Å². The molecule has 0 amide bonds. The van der Waals surface area contributed by atoms with E-state index in [1.165, 1.54) is 22.9 Å². The third-order valence-electron chi connectivity index (χ3n) is 3.35. The van der Waals surface area contributed by atoms with Crippen LogP contribution < -0.4 is 9.46 Å². The average molecular weight is 387 g/mol. The molecule has 0 aliphatic rings. The second-order valence-corrected chi connectivity index (χ2v) is 7.71. The molecule has 0 atom stereocenters. The fourth-order valence-electron chi connectivity index (χ4n) is 2.17. The van der Waals surface area contributed by atoms with Gasteiger partial charge in [0.15, 0.2) is 0 Å². The van der Waals surface area contributed by atoms with Crippen LogP contribution in [0, 0.1) is 0 Å². The molecule has 0 aliphatic heterocycles. The van der Waals surface area contributed by atoms with Crippen molar-refractivity contribution in [3.05, 3.63) is 59.5 Å². The minimum absolute atomic E-state index is 0.218. The summed E-state index contributed by atoms with van der Waals surface area (Å²) in [5.74, 6) is 0.262. The van der Waals surface area contributed by atoms with E-state index in [0.29, 0.717) is 0 Å². The van der Waals surface area contributed by atoms with Crippen LogP contribution in [0.3, 0.4) is 0 Å². The molecule has 0 radical (unpaired) electrons. The lowest BCUT2D eigenvalue weighted by atomic mass is 10.2. The first-order valence-corrected chi connectivity index (χ1v) is 9.39. The Labute approximate surface area is 145 Å². The molecule has 1 N–H and O–H groups in total. The van der Waals surface area contributed by atoms with Crippen LogP contribution in [0.1, 0.15) is 5.56 Å². The van der Waals surface area contributed by atoms with Gasteiger partial charge in [0.05, 0.1) is 5.69 Å². The molecule has 25 heavy (non-hydrogen) atoms. The highest BCUT2D eigenvalue weighted by atomic mass is 32.2. The minimum Gasteiger partial charge on any atom is -0.489 e. The molecule has 2 aromatic carbocycles. The summed E-state index contributed by atoms with van der Waals surface area (Å²) in [5, 5.41) is 2.99. The standard InChI is InChI=1S/C16H12F3NO3S2/c17-16(18,19)25(21,22)20-12-4-3-5-13(8-12)23-9-11-10-24-15-7-2-1-6-14(11)15/h1-8,10,20H,9H2. The summed E-state index contributed by atoms with van der Waals surface area (Å²) in [4.78, 5) is 0. The van der Waals surface area contributed by atoms with Gasteiger partial charge in [-0.15, -0.1) is 11.3 Å². The van der Waals surface area contributed by atoms with Crippen molar-refractivity contribution in [1.82, 2.24) is 0 Å². The van der Waals surface area contributed by atoms with Gasteiger partial charge in [-0.3, -0.25) is 4.72 Å². The Morgan fingerprint density at radius 2 is 1.84 bits per heavy atom. The Morgan fingerprint density at radius 1 is 1.08 bits per heavy atom. The Kier molecular flexibility index (Phi) is 4.61. The van der Waals surface area contributed by atoms with E-state index < -0.39 is 15.5 Å². The number of alkyl halides is 3. The van der Waals surface area contributed by atoms with Crippen molar-refractivity contribution in [1.29, 1.82) is 0 Å². The Balaban J connectivity index is 1.74. The quantitative estimate of drug-likeness (QED) is 0.688. The number of fused-ring (bicyclic) bond motifs is 1. The zero-order chi connectivity index (χ0) is 18.1. The molecule has 0 saturated heterocycles. The highest BCUT2D eigenvalue weighted by molar-refractivity contribution is 7.93. The van der Waals surface area contributed by atoms with Gasteiger partial charge in [0, 0.05) is 16.3 Å². The molecule has 4 nitrogen and oxygen atoms in total. The third-order valence-corrected chi connectivity index (χ3v) is 5.47. The molecule has 0 spiro atoms. The second-order valence-electron chi connectivity index (χ2n) is 5.12. The van der Waals surface area contributed by atoms with Gasteiger partial charge in [-0.25, -0.2) is 0 Å². The molecule has 1 aromatic heterocycles. The van der Waals surface area contributed by atoms with E-state index in [1.54, 1.807) is 17.4 Å². The van der Waals surface area contributed by atoms with Gasteiger partial charge in [-0.1, -0.05) is 24.3 Å². The van der Waals surface area contributed by atoms with Crippen LogP contribution in [0.2, 0.25) is 0 Å². The SMILES string of the molecule is O=S(=O)(Nc1cccc(OCc2csc3ccccc23)c1)C(F)(F)F. The third kappa shape index (κ3) is 3.88. The predicted molar refractivity (Wildman–Crippen MR) is 91.2 cm³/mol. The first kappa shape index (κ1) is 17.6. The minimum atomic E-state index is -5.46. The molecule has 3 aromatic rings. The number of benzene rings is 2. The summed E-state index contributed by atoms with van der Waals surface area (Å²) >= 11 is 1.57. The lowest BCUT2D eigenvalue weighted by molar-refractivity contribution is -0.0429. The maximum atomic E-state index is 12.4. The van der Waals surface area contributed by atoms with E-state index in [0.717, 1.165) is 15.6 Å². The number of hydrogen-bond acceptors (Lipinski definition) is 4. The summed E-state index contributed by atoms with van der Waals surface area (Å²) < 4.78 is 67.7. The molecular weight excluding hydrogens is 375 g/mol. The summed E-state index contributed by atoms with van der Waals surface area (Å²) in [6, 6.07) is 13.2. The highest BCUT2D eigenvalue weighted by Gasteiger charge is 2.46. The summed E-state index contributed by atoms with van der Waals surface area (Å²) in [6.07, 6.45) is 0. The number of ether oxygens (including phenoxy) is 1. The monoisotopic (exact) mass is 387 g/mol. The molecule has 0 saturated carbocycles. The Bertz CT molecular complexity index is 997. The number of anilines is 1. The lowest BCUT2D eigenvalue weighted by Crippen LogP contribution is -2.29. The van der Waals surface area contributed by atoms with E-state index in [2.05, 4.69) is 0 Å². The van der Waals surface area contributed by atoms with E-state index in [9.17, 15) is 21.6 Å². The second kappa shape index (κ2) is 6.57. The highest BCUT2D eigenvalue weighted by Crippen LogP contribution is 2.29. The fourth-order valence-corrected chi connectivity index (χ4v) is 3.67. The average Bonchev–Trinajstić information content (AvgIpc) is 2.95. The first-order chi connectivity index (χ1) is 11.8. The predicted octanol–water partition coefficient (Wildman–Crippen LogP) is 4.74. The fraction of sp³-hybridized carbons (Fsp3) is 0.125. The van der Waals surface area contributed by atoms with Crippen LogP contribution >= 0.6 is 11.3 Å². The van der Waals surface area contributed by atoms with Crippen LogP contribution in [-0.2, 0) is 16.6 Å². The normalized spacial score (nSPS) is 12.3. The zero-order valence-electron chi connectivity index (χ0n) is 12.6. The van der Waals surface area contributed by atoms with Crippen LogP contribution in [0.15, 0.2) is 53.9 Å². The number of thiophene rings is 1. The summed E-state index contributed by atoms with van der Waals surface area (Å²) in [6.45, 7) is 0.222. The van der Waals surface area contributed by atoms with Crippen molar-refractivity contribution in [2.24, 2.45) is 0 Å². The van der Waals surface area contributed by atoms with Gasteiger partial charge < -0.3 is 4.74 Å². The maximum Gasteiger partial charge on any atom is 0.516 e. The molecule has 9 heteroatoms. The molecule has 132 valence electrons. The maximum absolute atomic E-state index is 12.4. The number of hydrogen-bond donors (Lipinski definition) is 1. The van der Waals surface area contributed by atoms with E-state index in [1.807, 2.05) is 29.6 Å². The zero-order valence-corrected chi connectivity index (χ0v) is 14.2. The molecule has 0 aliphatic carbocycles. The van der Waals surface area contributed by atoms with Crippen molar-refractivity contribution in [2.45, 2.75) is 12.1 Å². The topological polar surface area (TPSA) is 55.4 Å². The van der Waals surface area contributed by atoms with E-state index in [-0.39, 0.29) is 18.0 Å². The van der Waals surface area contributed by atoms with Gasteiger partial charge in [-0.2, -0.15) is 21.6 Å². The van der Waals surface area contributed by atoms with E-state index in [4.69, 9.17) is 4.74 Å². The van der Waals surface area contributed by atoms with Gasteiger partial charge in [0.1, 0.15) is 12.4 Å². The van der Waals surface area contributed by atoms with Gasteiger partial charge in [-0.05, 0) is 29.0 Å². The molecule has 0 bridgehead atoms. The largest absolute Gasteiger partial charge is 0.516 e. The Hall–Kier alpha value is -2.26. The molecule has 1 heterocycles. The molecule has 0 fully saturated rings. The molecular formula is C16H12F3NO3S2.